The number of hydrogen-bond acceptors (Lipinski definition) is 4. The van der Waals surface area contributed by atoms with E-state index in [4.69, 9.17) is 9.57 Å². The number of benzene rings is 1. The summed E-state index contributed by atoms with van der Waals surface area (Å²) in [6.07, 6.45) is 2.79. The van der Waals surface area contributed by atoms with E-state index in [1.54, 1.807) is 7.11 Å². The molecule has 1 aromatic rings. The Hall–Kier alpha value is -1.84. The molecule has 0 radical (unpaired) electrons. The third-order valence-corrected chi connectivity index (χ3v) is 2.79. The van der Waals surface area contributed by atoms with Crippen LogP contribution in [0.2, 0.25) is 0 Å². The summed E-state index contributed by atoms with van der Waals surface area (Å²) in [5.41, 5.74) is 2.99. The third-order valence-electron chi connectivity index (χ3n) is 2.79. The zero-order chi connectivity index (χ0) is 12.3. The first-order valence-corrected chi connectivity index (χ1v) is 5.63. The summed E-state index contributed by atoms with van der Waals surface area (Å²) >= 11 is 0. The fraction of sp³-hybridized carbons (Fsp3) is 0.385. The fourth-order valence-corrected chi connectivity index (χ4v) is 2.07. The topological polar surface area (TPSA) is 47.9 Å². The highest BCUT2D eigenvalue weighted by atomic mass is 16.7. The van der Waals surface area contributed by atoms with Crippen molar-refractivity contribution in [1.82, 2.24) is 0 Å². The van der Waals surface area contributed by atoms with Crippen LogP contribution in [-0.2, 0) is 16.1 Å². The number of carbonyl (C=O) groups is 1. The second kappa shape index (κ2) is 4.99. The average molecular weight is 233 g/mol. The van der Waals surface area contributed by atoms with Gasteiger partial charge < -0.3 is 9.57 Å². The number of ether oxygens (including phenoxy) is 1. The third kappa shape index (κ3) is 2.46. The van der Waals surface area contributed by atoms with Crippen molar-refractivity contribution in [3.63, 3.8) is 0 Å². The highest BCUT2D eigenvalue weighted by Gasteiger charge is 2.19. The fourth-order valence-electron chi connectivity index (χ4n) is 2.07. The van der Waals surface area contributed by atoms with E-state index < -0.39 is 5.97 Å². The standard InChI is InChI=1S/C13H15NO3/c1-9(15)17-14-12-7-3-6-11-10(12)5-4-8-13(11)16-2/h4-5,8H,3,6-7H2,1-2H3. The van der Waals surface area contributed by atoms with Crippen molar-refractivity contribution in [2.24, 2.45) is 5.16 Å². The highest BCUT2D eigenvalue weighted by molar-refractivity contribution is 6.03. The molecule has 1 aliphatic rings. The molecule has 0 heterocycles. The normalized spacial score (nSPS) is 16.5. The first-order valence-electron chi connectivity index (χ1n) is 5.63. The number of rotatable bonds is 2. The molecular formula is C13H15NO3. The predicted octanol–water partition coefficient (Wildman–Crippen LogP) is 2.30. The first kappa shape index (κ1) is 11.6. The minimum atomic E-state index is -0.396. The predicted molar refractivity (Wildman–Crippen MR) is 64.2 cm³/mol. The number of hydrogen-bond donors (Lipinski definition) is 0. The molecule has 4 nitrogen and oxygen atoms in total. The Morgan fingerprint density at radius 1 is 1.35 bits per heavy atom. The largest absolute Gasteiger partial charge is 0.496 e. The molecule has 0 atom stereocenters. The molecular weight excluding hydrogens is 218 g/mol. The van der Waals surface area contributed by atoms with Crippen molar-refractivity contribution in [3.05, 3.63) is 29.3 Å². The maximum Gasteiger partial charge on any atom is 0.331 e. The van der Waals surface area contributed by atoms with Crippen molar-refractivity contribution in [1.29, 1.82) is 0 Å². The lowest BCUT2D eigenvalue weighted by Crippen LogP contribution is -2.14. The van der Waals surface area contributed by atoms with Crippen LogP contribution in [0.3, 0.4) is 0 Å². The second-order valence-corrected chi connectivity index (χ2v) is 3.96. The number of methoxy groups -OCH3 is 1. The van der Waals surface area contributed by atoms with Gasteiger partial charge in [-0.05, 0) is 25.3 Å². The second-order valence-electron chi connectivity index (χ2n) is 3.96. The first-order chi connectivity index (χ1) is 8.22. The summed E-state index contributed by atoms with van der Waals surface area (Å²) in [5, 5.41) is 3.91. The van der Waals surface area contributed by atoms with Gasteiger partial charge >= 0.3 is 5.97 Å². The van der Waals surface area contributed by atoms with Crippen molar-refractivity contribution in [3.8, 4) is 5.75 Å². The van der Waals surface area contributed by atoms with Gasteiger partial charge in [0.25, 0.3) is 0 Å². The van der Waals surface area contributed by atoms with Crippen LogP contribution >= 0.6 is 0 Å². The molecule has 0 spiro atoms. The van der Waals surface area contributed by atoms with Gasteiger partial charge in [0.05, 0.1) is 12.8 Å². The SMILES string of the molecule is COc1cccc2c1CCCC2=NOC(C)=O. The zero-order valence-corrected chi connectivity index (χ0v) is 10.0. The smallest absolute Gasteiger partial charge is 0.331 e. The summed E-state index contributed by atoms with van der Waals surface area (Å²) in [5.74, 6) is 0.477. The number of carbonyl (C=O) groups excluding carboxylic acids is 1. The lowest BCUT2D eigenvalue weighted by Gasteiger charge is -2.19. The molecule has 0 bridgehead atoms. The van der Waals surface area contributed by atoms with Crippen LogP contribution in [-0.4, -0.2) is 18.8 Å². The molecule has 90 valence electrons. The van der Waals surface area contributed by atoms with Crippen molar-refractivity contribution >= 4 is 11.7 Å². The summed E-state index contributed by atoms with van der Waals surface area (Å²) in [6, 6.07) is 5.85. The lowest BCUT2D eigenvalue weighted by atomic mass is 9.89. The molecule has 0 aliphatic heterocycles. The monoisotopic (exact) mass is 233 g/mol. The average Bonchev–Trinajstić information content (AvgIpc) is 2.35. The van der Waals surface area contributed by atoms with Gasteiger partial charge in [-0.15, -0.1) is 0 Å². The molecule has 1 aliphatic carbocycles. The highest BCUT2D eigenvalue weighted by Crippen LogP contribution is 2.29. The van der Waals surface area contributed by atoms with E-state index in [0.29, 0.717) is 0 Å². The Bertz CT molecular complexity index is 466. The van der Waals surface area contributed by atoms with Crippen LogP contribution in [0.4, 0.5) is 0 Å². The van der Waals surface area contributed by atoms with Crippen molar-refractivity contribution < 1.29 is 14.4 Å². The number of oxime groups is 1. The summed E-state index contributed by atoms with van der Waals surface area (Å²) in [7, 11) is 1.66. The lowest BCUT2D eigenvalue weighted by molar-refractivity contribution is -0.140. The molecule has 0 N–H and O–H groups in total. The molecule has 2 rings (SSSR count). The van der Waals surface area contributed by atoms with Gasteiger partial charge in [0.2, 0.25) is 0 Å². The van der Waals surface area contributed by atoms with E-state index in [0.717, 1.165) is 41.9 Å². The van der Waals surface area contributed by atoms with Crippen LogP contribution < -0.4 is 4.74 Å². The molecule has 17 heavy (non-hydrogen) atoms. The molecule has 0 fully saturated rings. The van der Waals surface area contributed by atoms with Gasteiger partial charge in [-0.3, -0.25) is 0 Å². The molecule has 0 saturated carbocycles. The number of nitrogens with zero attached hydrogens (tertiary/aromatic N) is 1. The van der Waals surface area contributed by atoms with E-state index in [-0.39, 0.29) is 0 Å². The van der Waals surface area contributed by atoms with Crippen molar-refractivity contribution in [2.75, 3.05) is 7.11 Å². The minimum absolute atomic E-state index is 0.396. The maximum absolute atomic E-state index is 10.8. The summed E-state index contributed by atoms with van der Waals surface area (Å²) in [4.78, 5) is 15.5. The molecule has 0 aromatic heterocycles. The molecule has 4 heteroatoms. The molecule has 0 amide bonds. The molecule has 1 aromatic carbocycles. The van der Waals surface area contributed by atoms with Gasteiger partial charge in [0.15, 0.2) is 0 Å². The van der Waals surface area contributed by atoms with Crippen LogP contribution in [0, 0.1) is 0 Å². The molecule has 0 unspecified atom stereocenters. The quantitative estimate of drug-likeness (QED) is 0.581. The van der Waals surface area contributed by atoms with Crippen LogP contribution in [0.15, 0.2) is 23.4 Å². The summed E-state index contributed by atoms with van der Waals surface area (Å²) < 4.78 is 5.32. The Labute approximate surface area is 100 Å². The van der Waals surface area contributed by atoms with Crippen LogP contribution in [0.1, 0.15) is 30.9 Å². The Balaban J connectivity index is 2.38. The van der Waals surface area contributed by atoms with E-state index >= 15 is 0 Å². The van der Waals surface area contributed by atoms with Gasteiger partial charge in [0, 0.05) is 18.1 Å². The van der Waals surface area contributed by atoms with E-state index in [2.05, 4.69) is 5.16 Å². The van der Waals surface area contributed by atoms with Crippen molar-refractivity contribution in [2.45, 2.75) is 26.2 Å². The Kier molecular flexibility index (Phi) is 3.42. The Morgan fingerprint density at radius 2 is 2.18 bits per heavy atom. The number of fused-ring (bicyclic) bond motifs is 1. The maximum atomic E-state index is 10.8. The molecule has 0 saturated heterocycles. The van der Waals surface area contributed by atoms with E-state index in [1.165, 1.54) is 6.92 Å². The van der Waals surface area contributed by atoms with Gasteiger partial charge in [-0.25, -0.2) is 4.79 Å². The minimum Gasteiger partial charge on any atom is -0.496 e. The van der Waals surface area contributed by atoms with E-state index in [9.17, 15) is 4.79 Å². The van der Waals surface area contributed by atoms with Gasteiger partial charge in [0.1, 0.15) is 5.75 Å². The van der Waals surface area contributed by atoms with Gasteiger partial charge in [-0.1, -0.05) is 17.3 Å². The van der Waals surface area contributed by atoms with Gasteiger partial charge in [-0.2, -0.15) is 0 Å². The van der Waals surface area contributed by atoms with Crippen LogP contribution in [0.25, 0.3) is 0 Å². The zero-order valence-electron chi connectivity index (χ0n) is 10.0. The summed E-state index contributed by atoms with van der Waals surface area (Å²) in [6.45, 7) is 1.35. The van der Waals surface area contributed by atoms with Crippen LogP contribution in [0.5, 0.6) is 5.75 Å². The Morgan fingerprint density at radius 3 is 2.88 bits per heavy atom. The van der Waals surface area contributed by atoms with E-state index in [1.807, 2.05) is 18.2 Å².